The van der Waals surface area contributed by atoms with Gasteiger partial charge in [0.25, 0.3) is 11.8 Å². The van der Waals surface area contributed by atoms with E-state index in [9.17, 15) is 14.4 Å². The summed E-state index contributed by atoms with van der Waals surface area (Å²) in [4.78, 5) is 50.0. The summed E-state index contributed by atoms with van der Waals surface area (Å²) in [5.74, 6) is -0.526. The number of rotatable bonds is 4. The first-order valence-electron chi connectivity index (χ1n) is 10.6. The second-order valence-electron chi connectivity index (χ2n) is 7.82. The lowest BCUT2D eigenvalue weighted by atomic mass is 10.1. The number of piperazine rings is 1. The summed E-state index contributed by atoms with van der Waals surface area (Å²) in [6.45, 7) is 5.48. The molecule has 3 amide bonds. The molecule has 1 fully saturated rings. The molecular weight excluding hydrogens is 406 g/mol. The molecule has 0 saturated carbocycles. The van der Waals surface area contributed by atoms with Crippen molar-refractivity contribution in [3.63, 3.8) is 0 Å². The molecule has 8 nitrogen and oxygen atoms in total. The van der Waals surface area contributed by atoms with E-state index in [1.54, 1.807) is 46.2 Å². The van der Waals surface area contributed by atoms with Gasteiger partial charge < -0.3 is 15.1 Å². The molecule has 3 aromatic rings. The van der Waals surface area contributed by atoms with Crippen LogP contribution in [-0.4, -0.2) is 70.2 Å². The maximum atomic E-state index is 13.0. The Kier molecular flexibility index (Phi) is 6.11. The Morgan fingerprint density at radius 3 is 2.12 bits per heavy atom. The summed E-state index contributed by atoms with van der Waals surface area (Å²) >= 11 is 0. The number of carbonyl (C=O) groups is 3. The molecule has 8 heteroatoms. The van der Waals surface area contributed by atoms with E-state index in [4.69, 9.17) is 0 Å². The zero-order chi connectivity index (χ0) is 22.7. The van der Waals surface area contributed by atoms with Gasteiger partial charge in [-0.3, -0.25) is 14.4 Å². The highest BCUT2D eigenvalue weighted by molar-refractivity contribution is 5.98. The van der Waals surface area contributed by atoms with Crippen LogP contribution in [0.3, 0.4) is 0 Å². The molecule has 0 bridgehead atoms. The number of nitrogens with one attached hydrogen (secondary N) is 1. The van der Waals surface area contributed by atoms with Crippen molar-refractivity contribution in [1.29, 1.82) is 0 Å². The van der Waals surface area contributed by atoms with Gasteiger partial charge in [0.05, 0.1) is 29.0 Å². The average Bonchev–Trinajstić information content (AvgIpc) is 2.83. The maximum Gasteiger partial charge on any atom is 0.254 e. The molecular formula is C24H25N5O3. The summed E-state index contributed by atoms with van der Waals surface area (Å²) in [7, 11) is 0. The fourth-order valence-electron chi connectivity index (χ4n) is 3.66. The Bertz CT molecular complexity index is 1170. The largest absolute Gasteiger partial charge is 0.343 e. The molecule has 0 aliphatic carbocycles. The van der Waals surface area contributed by atoms with Gasteiger partial charge in [0.2, 0.25) is 5.91 Å². The van der Waals surface area contributed by atoms with Gasteiger partial charge in [0, 0.05) is 37.3 Å². The molecule has 1 aliphatic rings. The van der Waals surface area contributed by atoms with Crippen molar-refractivity contribution in [3.05, 3.63) is 71.0 Å². The predicted octanol–water partition coefficient (Wildman–Crippen LogP) is 1.96. The smallest absolute Gasteiger partial charge is 0.254 e. The summed E-state index contributed by atoms with van der Waals surface area (Å²) in [6.07, 6.45) is 0. The van der Waals surface area contributed by atoms with Gasteiger partial charge in [-0.2, -0.15) is 0 Å². The molecule has 164 valence electrons. The number of aromatic nitrogens is 2. The molecule has 0 spiro atoms. The molecule has 1 saturated heterocycles. The van der Waals surface area contributed by atoms with E-state index in [-0.39, 0.29) is 24.3 Å². The number of amides is 3. The number of fused-ring (bicyclic) bond motifs is 1. The lowest BCUT2D eigenvalue weighted by molar-refractivity contribution is -0.131. The van der Waals surface area contributed by atoms with Crippen LogP contribution >= 0.6 is 0 Å². The minimum absolute atomic E-state index is 0.0657. The zero-order valence-electron chi connectivity index (χ0n) is 18.2. The highest BCUT2D eigenvalue weighted by atomic mass is 16.2. The summed E-state index contributed by atoms with van der Waals surface area (Å²) in [6, 6.07) is 14.1. The van der Waals surface area contributed by atoms with E-state index >= 15 is 0 Å². The third kappa shape index (κ3) is 4.59. The lowest BCUT2D eigenvalue weighted by Crippen LogP contribution is -2.52. The monoisotopic (exact) mass is 431 g/mol. The van der Waals surface area contributed by atoms with Crippen LogP contribution in [0.1, 0.15) is 32.1 Å². The van der Waals surface area contributed by atoms with Crippen LogP contribution in [0.5, 0.6) is 0 Å². The van der Waals surface area contributed by atoms with Crippen molar-refractivity contribution in [3.8, 4) is 0 Å². The van der Waals surface area contributed by atoms with Crippen LogP contribution in [0.15, 0.2) is 48.5 Å². The Morgan fingerprint density at radius 2 is 1.44 bits per heavy atom. The number of hydrogen-bond acceptors (Lipinski definition) is 5. The first-order valence-corrected chi connectivity index (χ1v) is 10.6. The topological polar surface area (TPSA) is 95.5 Å². The van der Waals surface area contributed by atoms with Crippen LogP contribution < -0.4 is 5.32 Å². The van der Waals surface area contributed by atoms with Gasteiger partial charge in [-0.15, -0.1) is 0 Å². The van der Waals surface area contributed by atoms with Crippen molar-refractivity contribution < 1.29 is 14.4 Å². The van der Waals surface area contributed by atoms with E-state index in [1.165, 1.54) is 0 Å². The van der Waals surface area contributed by atoms with Crippen LogP contribution in [-0.2, 0) is 4.79 Å². The van der Waals surface area contributed by atoms with Crippen LogP contribution in [0.4, 0.5) is 0 Å². The predicted molar refractivity (Wildman–Crippen MR) is 120 cm³/mol. The Morgan fingerprint density at radius 1 is 0.812 bits per heavy atom. The Balaban J connectivity index is 1.32. The molecule has 0 radical (unpaired) electrons. The molecule has 4 rings (SSSR count). The SMILES string of the molecule is Cc1nc2ccc(C(=O)N3CCN(C(=O)CNC(=O)c4ccccc4)CC3)cc2nc1C. The fourth-order valence-corrected chi connectivity index (χ4v) is 3.66. The average molecular weight is 431 g/mol. The molecule has 1 aliphatic heterocycles. The van der Waals surface area contributed by atoms with Gasteiger partial charge in [0.15, 0.2) is 0 Å². The van der Waals surface area contributed by atoms with Gasteiger partial charge in [-0.1, -0.05) is 18.2 Å². The van der Waals surface area contributed by atoms with Crippen molar-refractivity contribution in [2.24, 2.45) is 0 Å². The number of carbonyl (C=O) groups excluding carboxylic acids is 3. The minimum Gasteiger partial charge on any atom is -0.343 e. The summed E-state index contributed by atoms with van der Waals surface area (Å²) < 4.78 is 0. The molecule has 1 aromatic heterocycles. The minimum atomic E-state index is -0.280. The summed E-state index contributed by atoms with van der Waals surface area (Å²) in [5.41, 5.74) is 4.25. The molecule has 32 heavy (non-hydrogen) atoms. The number of nitrogens with zero attached hydrogens (tertiary/aromatic N) is 4. The quantitative estimate of drug-likeness (QED) is 0.681. The molecule has 0 unspecified atom stereocenters. The van der Waals surface area contributed by atoms with E-state index in [0.717, 1.165) is 16.9 Å². The van der Waals surface area contributed by atoms with Gasteiger partial charge in [-0.05, 0) is 44.2 Å². The van der Waals surface area contributed by atoms with E-state index in [2.05, 4.69) is 15.3 Å². The van der Waals surface area contributed by atoms with Crippen molar-refractivity contribution in [1.82, 2.24) is 25.1 Å². The first-order chi connectivity index (χ1) is 15.4. The first kappa shape index (κ1) is 21.4. The van der Waals surface area contributed by atoms with Crippen molar-refractivity contribution in [2.75, 3.05) is 32.7 Å². The molecule has 1 N–H and O–H groups in total. The maximum absolute atomic E-state index is 13.0. The van der Waals surface area contributed by atoms with Crippen LogP contribution in [0.25, 0.3) is 11.0 Å². The Labute approximate surface area is 186 Å². The number of aryl methyl sites for hydroxylation is 2. The van der Waals surface area contributed by atoms with Crippen LogP contribution in [0, 0.1) is 13.8 Å². The standard InChI is InChI=1S/C24H25N5O3/c1-16-17(2)27-21-14-19(8-9-20(21)26-16)24(32)29-12-10-28(11-13-29)22(30)15-25-23(31)18-6-4-3-5-7-18/h3-9,14H,10-13,15H2,1-2H3,(H,25,31). The van der Waals surface area contributed by atoms with Gasteiger partial charge in [-0.25, -0.2) is 9.97 Å². The highest BCUT2D eigenvalue weighted by Crippen LogP contribution is 2.17. The zero-order valence-corrected chi connectivity index (χ0v) is 18.2. The van der Waals surface area contributed by atoms with E-state index < -0.39 is 0 Å². The van der Waals surface area contributed by atoms with Gasteiger partial charge in [0.1, 0.15) is 0 Å². The van der Waals surface area contributed by atoms with Crippen LogP contribution in [0.2, 0.25) is 0 Å². The fraction of sp³-hybridized carbons (Fsp3) is 0.292. The molecule has 0 atom stereocenters. The number of hydrogen-bond donors (Lipinski definition) is 1. The third-order valence-electron chi connectivity index (χ3n) is 5.68. The van der Waals surface area contributed by atoms with Crippen molar-refractivity contribution in [2.45, 2.75) is 13.8 Å². The van der Waals surface area contributed by atoms with Crippen molar-refractivity contribution >= 4 is 28.8 Å². The van der Waals surface area contributed by atoms with E-state index in [0.29, 0.717) is 42.8 Å². The third-order valence-corrected chi connectivity index (χ3v) is 5.68. The normalized spacial score (nSPS) is 13.8. The van der Waals surface area contributed by atoms with E-state index in [1.807, 2.05) is 26.0 Å². The summed E-state index contributed by atoms with van der Waals surface area (Å²) in [5, 5.41) is 2.66. The molecule has 2 heterocycles. The number of benzene rings is 2. The van der Waals surface area contributed by atoms with Gasteiger partial charge >= 0.3 is 0 Å². The highest BCUT2D eigenvalue weighted by Gasteiger charge is 2.25. The Hall–Kier alpha value is -3.81. The lowest BCUT2D eigenvalue weighted by Gasteiger charge is -2.35. The second-order valence-corrected chi connectivity index (χ2v) is 7.82. The molecule has 2 aromatic carbocycles. The second kappa shape index (κ2) is 9.13.